The van der Waals surface area contributed by atoms with Gasteiger partial charge < -0.3 is 9.32 Å². The van der Waals surface area contributed by atoms with E-state index in [1.54, 1.807) is 0 Å². The summed E-state index contributed by atoms with van der Waals surface area (Å²) < 4.78 is 283. The second kappa shape index (κ2) is 11.5. The highest BCUT2D eigenvalue weighted by Gasteiger charge is 2.17. The maximum Gasteiger partial charge on any atom is 0.143 e. The van der Waals surface area contributed by atoms with Gasteiger partial charge in [-0.1, -0.05) is 133 Å². The lowest BCUT2D eigenvalue weighted by atomic mass is 9.95. The second-order valence-corrected chi connectivity index (χ2v) is 10.5. The minimum absolute atomic E-state index is 0.384. The number of hydrogen-bond donors (Lipinski definition) is 0. The summed E-state index contributed by atoms with van der Waals surface area (Å²) in [5.74, 6) is 0. The molecule has 0 saturated heterocycles. The Bertz CT molecular complexity index is 4480. The van der Waals surface area contributed by atoms with Crippen molar-refractivity contribution in [3.63, 3.8) is 0 Å². The monoisotopic (exact) mass is 668 g/mol. The molecule has 1 aromatic heterocycles. The Labute approximate surface area is 333 Å². The van der Waals surface area contributed by atoms with E-state index in [2.05, 4.69) is 0 Å². The number of rotatable bonds is 5. The van der Waals surface area contributed by atoms with E-state index in [4.69, 9.17) is 30.5 Å². The standard InChI is InChI=1S/C48H31NO/c1-2-12-35(13-3-1)45-31-46-43-27-22-38(30-47(43)50-48(46)44-17-9-8-16-42(44)45)34-18-23-39(24-19-34)49(40-25-20-32-10-4-6-14-36(32)28-40)41-26-21-33-11-5-7-15-37(33)29-41/h1-31H/i1D,2D,3D,4D,5D,6D,7D,8D,9D,10D,11D,12D,13D,14D,15D,16D,17D,18D,19D,20D,21D,22D,23D,24D,25D,26D,27D,28D,29D,30D,31D. The average Bonchev–Trinajstić information content (AvgIpc) is 3.86. The lowest BCUT2D eigenvalue weighted by Crippen LogP contribution is -2.09. The van der Waals surface area contributed by atoms with Gasteiger partial charge in [0.25, 0.3) is 0 Å². The Morgan fingerprint density at radius 2 is 0.920 bits per heavy atom. The zero-order valence-electron chi connectivity index (χ0n) is 55.9. The number of hydrogen-bond acceptors (Lipinski definition) is 2. The highest BCUT2D eigenvalue weighted by atomic mass is 16.3. The molecule has 0 saturated carbocycles. The molecule has 0 aliphatic carbocycles. The molecular weight excluding hydrogens is 607 g/mol. The van der Waals surface area contributed by atoms with Gasteiger partial charge in [-0.2, -0.15) is 0 Å². The van der Waals surface area contributed by atoms with Crippen LogP contribution in [0.4, 0.5) is 17.1 Å². The van der Waals surface area contributed by atoms with E-state index < -0.39 is 281 Å². The van der Waals surface area contributed by atoms with Crippen LogP contribution in [0.2, 0.25) is 0 Å². The molecule has 1 heterocycles. The van der Waals surface area contributed by atoms with Crippen molar-refractivity contribution in [1.82, 2.24) is 0 Å². The summed E-state index contributed by atoms with van der Waals surface area (Å²) in [6.07, 6.45) is 0. The third kappa shape index (κ3) is 4.73. The van der Waals surface area contributed by atoms with Gasteiger partial charge in [-0.3, -0.25) is 0 Å². The Morgan fingerprint density at radius 1 is 0.360 bits per heavy atom. The fourth-order valence-corrected chi connectivity index (χ4v) is 5.39. The van der Waals surface area contributed by atoms with Gasteiger partial charge in [0.1, 0.15) is 11.2 Å². The summed E-state index contributed by atoms with van der Waals surface area (Å²) in [5.41, 5.74) is -7.77. The summed E-state index contributed by atoms with van der Waals surface area (Å²) in [4.78, 5) is 0.384. The van der Waals surface area contributed by atoms with Crippen LogP contribution in [-0.4, -0.2) is 0 Å². The second-order valence-electron chi connectivity index (χ2n) is 10.5. The van der Waals surface area contributed by atoms with Gasteiger partial charge in [0.2, 0.25) is 0 Å². The topological polar surface area (TPSA) is 16.4 Å². The van der Waals surface area contributed by atoms with E-state index in [1.165, 1.54) is 0 Å². The van der Waals surface area contributed by atoms with E-state index in [0.717, 1.165) is 0 Å². The van der Waals surface area contributed by atoms with Gasteiger partial charge >= 0.3 is 0 Å². The SMILES string of the molecule is [2H]c1c([2H])c([2H])c(-c2c([2H])c3c(oc4c([2H])c(-c5c([2H])c([2H])c(N(c6c([2H])c([2H])c7c([2H])c([2H])c([2H])c([2H])c7c6[2H])c6c([2H])c([2H])c7c([2H])c([2H])c([2H])c([2H])c7c6[2H])c([2H])c5[2H])c([2H])c([2H])c43)c3c([2H])c([2H])c([2H])c([2H])c23)c([2H])c1[2H]. The molecule has 50 heavy (non-hydrogen) atoms. The van der Waals surface area contributed by atoms with Crippen molar-refractivity contribution in [3.05, 3.63) is 187 Å². The molecule has 0 aliphatic rings. The fraction of sp³-hybridized carbons (Fsp3) is 0. The van der Waals surface area contributed by atoms with Crippen LogP contribution in [0.15, 0.2) is 192 Å². The first-order chi connectivity index (χ1) is 37.7. The van der Waals surface area contributed by atoms with Crippen LogP contribution in [0.25, 0.3) is 76.5 Å². The zero-order chi connectivity index (χ0) is 60.0. The van der Waals surface area contributed by atoms with Crippen LogP contribution in [0.5, 0.6) is 0 Å². The zero-order valence-corrected chi connectivity index (χ0v) is 24.9. The smallest absolute Gasteiger partial charge is 0.143 e. The van der Waals surface area contributed by atoms with E-state index in [9.17, 15) is 16.4 Å². The van der Waals surface area contributed by atoms with Crippen LogP contribution in [0.1, 0.15) is 42.5 Å². The largest absolute Gasteiger partial charge is 0.455 e. The van der Waals surface area contributed by atoms with Crippen molar-refractivity contribution in [2.24, 2.45) is 0 Å². The van der Waals surface area contributed by atoms with Gasteiger partial charge in [0, 0.05) is 33.2 Å². The summed E-state index contributed by atoms with van der Waals surface area (Å²) in [5, 5.41) is -5.12. The number of benzene rings is 9. The van der Waals surface area contributed by atoms with Gasteiger partial charge in [-0.15, -0.1) is 0 Å². The Balaban J connectivity index is 1.35. The predicted molar refractivity (Wildman–Crippen MR) is 212 cm³/mol. The van der Waals surface area contributed by atoms with E-state index in [-0.39, 0.29) is 0 Å². The number of furan rings is 1. The minimum atomic E-state index is -1.26. The molecular formula is C48H31NO. The molecule has 9 aromatic carbocycles. The van der Waals surface area contributed by atoms with E-state index >= 15 is 0 Å². The molecule has 0 N–H and O–H groups in total. The lowest BCUT2D eigenvalue weighted by molar-refractivity contribution is 0.673. The quantitative estimate of drug-likeness (QED) is 0.181. The van der Waals surface area contributed by atoms with Gasteiger partial charge in [0.15, 0.2) is 0 Å². The summed E-state index contributed by atoms with van der Waals surface area (Å²) >= 11 is 0. The molecule has 0 radical (unpaired) electrons. The number of fused-ring (bicyclic) bond motifs is 7. The van der Waals surface area contributed by atoms with Crippen LogP contribution in [-0.2, 0) is 0 Å². The molecule has 0 spiro atoms. The maximum atomic E-state index is 9.60. The highest BCUT2D eigenvalue weighted by Crippen LogP contribution is 2.42. The van der Waals surface area contributed by atoms with Crippen LogP contribution < -0.4 is 4.90 Å². The van der Waals surface area contributed by atoms with Crippen LogP contribution in [0.3, 0.4) is 0 Å². The third-order valence-electron chi connectivity index (χ3n) is 7.63. The summed E-state index contributed by atoms with van der Waals surface area (Å²) in [6.45, 7) is 0. The summed E-state index contributed by atoms with van der Waals surface area (Å²) in [6, 6.07) is -30.4. The molecule has 0 aliphatic heterocycles. The van der Waals surface area contributed by atoms with Gasteiger partial charge in [-0.05, 0) is 104 Å². The minimum Gasteiger partial charge on any atom is -0.455 e. The Kier molecular flexibility index (Phi) is 2.58. The molecule has 0 unspecified atom stereocenters. The van der Waals surface area contributed by atoms with Crippen molar-refractivity contribution >= 4 is 71.3 Å². The van der Waals surface area contributed by atoms with Crippen LogP contribution >= 0.6 is 0 Å². The Hall–Kier alpha value is -6.64. The Morgan fingerprint density at radius 3 is 1.60 bits per heavy atom. The first kappa shape index (κ1) is 11.2. The molecule has 2 nitrogen and oxygen atoms in total. The molecule has 2 heteroatoms. The molecule has 0 bridgehead atoms. The molecule has 234 valence electrons. The first-order valence-electron chi connectivity index (χ1n) is 30.1. The maximum absolute atomic E-state index is 9.60. The third-order valence-corrected chi connectivity index (χ3v) is 7.63. The van der Waals surface area contributed by atoms with Crippen LogP contribution in [0, 0.1) is 0 Å². The fourth-order valence-electron chi connectivity index (χ4n) is 5.39. The number of nitrogens with zero attached hydrogens (tertiary/aromatic N) is 1. The molecule has 0 atom stereocenters. The van der Waals surface area contributed by atoms with E-state index in [0.29, 0.717) is 4.90 Å². The van der Waals surface area contributed by atoms with E-state index in [1.807, 2.05) is 0 Å². The van der Waals surface area contributed by atoms with Gasteiger partial charge in [-0.25, -0.2) is 0 Å². The first-order valence-corrected chi connectivity index (χ1v) is 14.6. The summed E-state index contributed by atoms with van der Waals surface area (Å²) in [7, 11) is 0. The van der Waals surface area contributed by atoms with Crippen molar-refractivity contribution < 1.29 is 46.9 Å². The average molecular weight is 669 g/mol. The predicted octanol–water partition coefficient (Wildman–Crippen LogP) is 13.8. The van der Waals surface area contributed by atoms with Gasteiger partial charge in [0.05, 0.1) is 42.5 Å². The van der Waals surface area contributed by atoms with Crippen molar-refractivity contribution in [1.29, 1.82) is 0 Å². The van der Waals surface area contributed by atoms with Crippen molar-refractivity contribution in [2.45, 2.75) is 0 Å². The molecule has 10 aromatic rings. The molecule has 10 rings (SSSR count). The molecule has 0 fully saturated rings. The van der Waals surface area contributed by atoms with Crippen molar-refractivity contribution in [2.75, 3.05) is 4.90 Å². The normalized spacial score (nSPS) is 20.3. The molecule has 0 amide bonds. The number of anilines is 3. The van der Waals surface area contributed by atoms with Crippen molar-refractivity contribution in [3.8, 4) is 22.3 Å². The highest BCUT2D eigenvalue weighted by molar-refractivity contribution is 6.19. The lowest BCUT2D eigenvalue weighted by Gasteiger charge is -2.26.